The molecule has 0 amide bonds. The van der Waals surface area contributed by atoms with Crippen LogP contribution in [-0.4, -0.2) is 37.2 Å². The van der Waals surface area contributed by atoms with E-state index in [0.29, 0.717) is 19.3 Å². The molecule has 6 nitrogen and oxygen atoms in total. The van der Waals surface area contributed by atoms with Gasteiger partial charge in [-0.2, -0.15) is 0 Å². The molecule has 0 aliphatic heterocycles. The molecule has 0 spiro atoms. The van der Waals surface area contributed by atoms with E-state index in [-0.39, 0.29) is 37.5 Å². The number of carbonyl (C=O) groups excluding carboxylic acids is 3. The first-order valence-electron chi connectivity index (χ1n) is 31.1. The van der Waals surface area contributed by atoms with Gasteiger partial charge >= 0.3 is 17.9 Å². The quantitative estimate of drug-likeness (QED) is 0.0261. The van der Waals surface area contributed by atoms with Crippen LogP contribution in [0.3, 0.4) is 0 Å². The summed E-state index contributed by atoms with van der Waals surface area (Å²) in [6, 6.07) is 0. The van der Waals surface area contributed by atoms with Crippen LogP contribution in [0.1, 0.15) is 303 Å². The Morgan fingerprint density at radius 2 is 0.507 bits per heavy atom. The van der Waals surface area contributed by atoms with Gasteiger partial charge in [0.15, 0.2) is 6.10 Å². The molecule has 73 heavy (non-hydrogen) atoms. The average molecular weight is 1020 g/mol. The first-order chi connectivity index (χ1) is 36.0. The fraction of sp³-hybridized carbons (Fsp3) is 0.746. The van der Waals surface area contributed by atoms with Gasteiger partial charge in [-0.05, 0) is 116 Å². The van der Waals surface area contributed by atoms with Crippen LogP contribution in [0, 0.1) is 0 Å². The Bertz CT molecular complexity index is 1400. The molecule has 0 heterocycles. The summed E-state index contributed by atoms with van der Waals surface area (Å²) in [5.74, 6) is -0.968. The molecule has 0 aromatic heterocycles. The van der Waals surface area contributed by atoms with Gasteiger partial charge in [0.1, 0.15) is 13.2 Å². The van der Waals surface area contributed by atoms with E-state index in [9.17, 15) is 14.4 Å². The van der Waals surface area contributed by atoms with Crippen LogP contribution in [0.5, 0.6) is 0 Å². The van der Waals surface area contributed by atoms with Gasteiger partial charge in [-0.25, -0.2) is 0 Å². The number of carbonyl (C=O) groups is 3. The molecule has 6 heteroatoms. The summed E-state index contributed by atoms with van der Waals surface area (Å²) in [5, 5.41) is 0. The lowest BCUT2D eigenvalue weighted by atomic mass is 10.0. The molecule has 0 unspecified atom stereocenters. The molecule has 0 saturated heterocycles. The smallest absolute Gasteiger partial charge is 0.306 e. The number of esters is 3. The van der Waals surface area contributed by atoms with E-state index < -0.39 is 6.10 Å². The Kier molecular flexibility index (Phi) is 58.3. The second kappa shape index (κ2) is 61.1. The summed E-state index contributed by atoms with van der Waals surface area (Å²) in [5.41, 5.74) is 0. The lowest BCUT2D eigenvalue weighted by molar-refractivity contribution is -0.167. The van der Waals surface area contributed by atoms with Crippen LogP contribution in [0.2, 0.25) is 0 Å². The van der Waals surface area contributed by atoms with Gasteiger partial charge in [0.2, 0.25) is 0 Å². The van der Waals surface area contributed by atoms with Crippen molar-refractivity contribution in [3.05, 3.63) is 85.1 Å². The van der Waals surface area contributed by atoms with Crippen LogP contribution in [0.25, 0.3) is 0 Å². The zero-order chi connectivity index (χ0) is 52.9. The molecule has 0 bridgehead atoms. The van der Waals surface area contributed by atoms with Gasteiger partial charge in [-0.15, -0.1) is 0 Å². The van der Waals surface area contributed by atoms with Crippen LogP contribution >= 0.6 is 0 Å². The van der Waals surface area contributed by atoms with Crippen molar-refractivity contribution in [1.82, 2.24) is 0 Å². The highest BCUT2D eigenvalue weighted by Gasteiger charge is 2.19. The molecule has 0 rings (SSSR count). The van der Waals surface area contributed by atoms with E-state index in [4.69, 9.17) is 14.2 Å². The third-order valence-corrected chi connectivity index (χ3v) is 13.3. The molecule has 0 aliphatic carbocycles. The minimum Gasteiger partial charge on any atom is -0.462 e. The molecule has 0 radical (unpaired) electrons. The van der Waals surface area contributed by atoms with Crippen molar-refractivity contribution in [3.63, 3.8) is 0 Å². The third-order valence-electron chi connectivity index (χ3n) is 13.3. The topological polar surface area (TPSA) is 78.9 Å². The van der Waals surface area contributed by atoms with E-state index in [0.717, 1.165) is 83.5 Å². The molecule has 0 saturated carbocycles. The van der Waals surface area contributed by atoms with Gasteiger partial charge in [0.05, 0.1) is 0 Å². The van der Waals surface area contributed by atoms with Gasteiger partial charge in [-0.1, -0.05) is 254 Å². The number of ether oxygens (including phenoxy) is 3. The molecular weight excluding hydrogens is 901 g/mol. The lowest BCUT2D eigenvalue weighted by Gasteiger charge is -2.18. The number of rotatable bonds is 56. The lowest BCUT2D eigenvalue weighted by Crippen LogP contribution is -2.30. The Morgan fingerprint density at radius 1 is 0.274 bits per heavy atom. The Morgan fingerprint density at radius 3 is 0.863 bits per heavy atom. The van der Waals surface area contributed by atoms with Crippen molar-refractivity contribution in [3.8, 4) is 0 Å². The van der Waals surface area contributed by atoms with Crippen molar-refractivity contribution in [2.24, 2.45) is 0 Å². The zero-order valence-electron chi connectivity index (χ0n) is 48.1. The van der Waals surface area contributed by atoms with Crippen molar-refractivity contribution in [1.29, 1.82) is 0 Å². The van der Waals surface area contributed by atoms with Gasteiger partial charge in [-0.3, -0.25) is 14.4 Å². The van der Waals surface area contributed by atoms with E-state index in [1.54, 1.807) is 0 Å². The SMILES string of the molecule is CCCCC/C=C\C/C=C\C/C=C\CCCCCCC(=O)OC[C@H](COC(=O)CCC/C=C\C/C=C\C/C=C\CCCCCCCC)OC(=O)CCCCCCCCCCCCC/C=C\CCCCCCCC. The normalized spacial score (nSPS) is 12.6. The van der Waals surface area contributed by atoms with E-state index in [1.165, 1.54) is 173 Å². The minimum atomic E-state index is -0.808. The monoisotopic (exact) mass is 1020 g/mol. The summed E-state index contributed by atoms with van der Waals surface area (Å²) >= 11 is 0. The predicted octanol–water partition coefficient (Wildman–Crippen LogP) is 21.1. The predicted molar refractivity (Wildman–Crippen MR) is 316 cm³/mol. The van der Waals surface area contributed by atoms with Crippen LogP contribution in [0.15, 0.2) is 85.1 Å². The summed E-state index contributed by atoms with van der Waals surface area (Å²) < 4.78 is 16.9. The molecule has 0 aliphatic rings. The second-order valence-corrected chi connectivity index (χ2v) is 20.6. The molecule has 0 fully saturated rings. The Balaban J connectivity index is 4.46. The summed E-state index contributed by atoms with van der Waals surface area (Å²) in [7, 11) is 0. The Hall–Kier alpha value is -3.41. The second-order valence-electron chi connectivity index (χ2n) is 20.6. The fourth-order valence-electron chi connectivity index (χ4n) is 8.64. The number of unbranched alkanes of at least 4 members (excludes halogenated alkanes) is 31. The zero-order valence-corrected chi connectivity index (χ0v) is 48.1. The minimum absolute atomic E-state index is 0.103. The maximum absolute atomic E-state index is 12.9. The summed E-state index contributed by atoms with van der Waals surface area (Å²) in [6.07, 6.45) is 80.1. The Labute approximate surface area is 452 Å². The van der Waals surface area contributed by atoms with E-state index in [2.05, 4.69) is 106 Å². The molecule has 0 N–H and O–H groups in total. The average Bonchev–Trinajstić information content (AvgIpc) is 3.39. The van der Waals surface area contributed by atoms with Crippen LogP contribution in [-0.2, 0) is 28.6 Å². The number of hydrogen-bond donors (Lipinski definition) is 0. The maximum Gasteiger partial charge on any atom is 0.306 e. The number of hydrogen-bond acceptors (Lipinski definition) is 6. The van der Waals surface area contributed by atoms with Crippen molar-refractivity contribution < 1.29 is 28.6 Å². The highest BCUT2D eigenvalue weighted by Crippen LogP contribution is 2.15. The molecule has 1 atom stereocenters. The van der Waals surface area contributed by atoms with Gasteiger partial charge < -0.3 is 14.2 Å². The molecule has 0 aromatic carbocycles. The van der Waals surface area contributed by atoms with Crippen molar-refractivity contribution in [2.75, 3.05) is 13.2 Å². The largest absolute Gasteiger partial charge is 0.462 e. The van der Waals surface area contributed by atoms with E-state index in [1.807, 2.05) is 0 Å². The number of allylic oxidation sites excluding steroid dienone is 14. The fourth-order valence-corrected chi connectivity index (χ4v) is 8.64. The van der Waals surface area contributed by atoms with Crippen molar-refractivity contribution >= 4 is 17.9 Å². The molecule has 420 valence electrons. The highest BCUT2D eigenvalue weighted by atomic mass is 16.6. The van der Waals surface area contributed by atoms with Crippen molar-refractivity contribution in [2.45, 2.75) is 309 Å². The van der Waals surface area contributed by atoms with Crippen LogP contribution in [0.4, 0.5) is 0 Å². The highest BCUT2D eigenvalue weighted by molar-refractivity contribution is 5.71. The van der Waals surface area contributed by atoms with E-state index >= 15 is 0 Å². The summed E-state index contributed by atoms with van der Waals surface area (Å²) in [4.78, 5) is 38.2. The van der Waals surface area contributed by atoms with Gasteiger partial charge in [0, 0.05) is 19.3 Å². The van der Waals surface area contributed by atoms with Gasteiger partial charge in [0.25, 0.3) is 0 Å². The molecular formula is C67H116O6. The standard InChI is InChI=1S/C67H116O6/c1-4-7-10-13-16-19-22-25-28-31-32-33-34-37-40-43-46-49-52-55-58-61-67(70)73-64(62-71-65(68)59-56-53-50-47-44-41-38-35-29-26-23-20-17-14-11-8-5-2)63-72-66(69)60-57-54-51-48-45-42-39-36-30-27-24-21-18-15-12-9-6-3/h17,20,25-30,38-39,41-42,48,51,64H,4-16,18-19,21-24,31-37,40,43-47,49-50,52-63H2,1-3H3/b20-17-,28-25-,29-26-,30-27-,41-38-,42-39-,51-48-/t64-/m1/s1. The third kappa shape index (κ3) is 59.3. The first kappa shape index (κ1) is 69.6. The van der Waals surface area contributed by atoms with Crippen LogP contribution < -0.4 is 0 Å². The first-order valence-corrected chi connectivity index (χ1v) is 31.1. The molecule has 0 aromatic rings. The summed E-state index contributed by atoms with van der Waals surface area (Å²) in [6.45, 7) is 6.56. The maximum atomic E-state index is 12.9.